The second-order valence-electron chi connectivity index (χ2n) is 3.78. The number of carbonyl (C=O) groups is 1. The Morgan fingerprint density at radius 2 is 2.35 bits per heavy atom. The van der Waals surface area contributed by atoms with Gasteiger partial charge in [0.2, 0.25) is 0 Å². The maximum Gasteiger partial charge on any atom is 0.253 e. The number of amides is 1. The molecule has 1 aromatic carbocycles. The van der Waals surface area contributed by atoms with E-state index in [9.17, 15) is 4.79 Å². The summed E-state index contributed by atoms with van der Waals surface area (Å²) in [6.07, 6.45) is 3.46. The summed E-state index contributed by atoms with van der Waals surface area (Å²) in [6.45, 7) is 0.516. The van der Waals surface area contributed by atoms with Gasteiger partial charge in [-0.05, 0) is 18.2 Å². The molecule has 0 saturated heterocycles. The summed E-state index contributed by atoms with van der Waals surface area (Å²) < 4.78 is 0. The monoisotopic (exact) mass is 249 g/mol. The van der Waals surface area contributed by atoms with Gasteiger partial charge in [0.1, 0.15) is 0 Å². The van der Waals surface area contributed by atoms with Crippen molar-refractivity contribution in [2.75, 3.05) is 7.05 Å². The SMILES string of the molecule is CN(Cc1cn[nH]c1)C(=O)c1cccc(Cl)c1. The minimum Gasteiger partial charge on any atom is -0.337 e. The zero-order chi connectivity index (χ0) is 12.3. The molecule has 0 aliphatic carbocycles. The maximum atomic E-state index is 12.1. The summed E-state index contributed by atoms with van der Waals surface area (Å²) in [5.74, 6) is -0.0614. The molecular formula is C12H12ClN3O. The van der Waals surface area contributed by atoms with Crippen molar-refractivity contribution in [3.8, 4) is 0 Å². The van der Waals surface area contributed by atoms with Gasteiger partial charge in [0.15, 0.2) is 0 Å². The molecule has 17 heavy (non-hydrogen) atoms. The first-order valence-electron chi connectivity index (χ1n) is 5.15. The molecule has 2 rings (SSSR count). The molecule has 0 fully saturated rings. The quantitative estimate of drug-likeness (QED) is 0.908. The number of rotatable bonds is 3. The molecule has 1 heterocycles. The Kier molecular flexibility index (Phi) is 3.44. The van der Waals surface area contributed by atoms with E-state index in [2.05, 4.69) is 10.2 Å². The topological polar surface area (TPSA) is 49.0 Å². The largest absolute Gasteiger partial charge is 0.337 e. The third kappa shape index (κ3) is 2.85. The number of nitrogens with zero attached hydrogens (tertiary/aromatic N) is 2. The number of halogens is 1. The van der Waals surface area contributed by atoms with Crippen LogP contribution in [0.1, 0.15) is 15.9 Å². The number of hydrogen-bond acceptors (Lipinski definition) is 2. The van der Waals surface area contributed by atoms with Crippen LogP contribution >= 0.6 is 11.6 Å². The van der Waals surface area contributed by atoms with Crippen molar-refractivity contribution >= 4 is 17.5 Å². The summed E-state index contributed by atoms with van der Waals surface area (Å²) in [7, 11) is 1.75. The summed E-state index contributed by atoms with van der Waals surface area (Å²) in [5.41, 5.74) is 1.55. The molecule has 0 bridgehead atoms. The van der Waals surface area contributed by atoms with Crippen molar-refractivity contribution in [1.82, 2.24) is 15.1 Å². The Balaban J connectivity index is 2.09. The number of aromatic nitrogens is 2. The smallest absolute Gasteiger partial charge is 0.253 e. The molecule has 0 aliphatic rings. The first-order chi connectivity index (χ1) is 8.16. The van der Waals surface area contributed by atoms with Crippen LogP contribution in [0.2, 0.25) is 5.02 Å². The van der Waals surface area contributed by atoms with Crippen LogP contribution in [0.3, 0.4) is 0 Å². The van der Waals surface area contributed by atoms with E-state index in [4.69, 9.17) is 11.6 Å². The second kappa shape index (κ2) is 5.01. The molecule has 1 aromatic heterocycles. The Morgan fingerprint density at radius 3 is 3.00 bits per heavy atom. The van der Waals surface area contributed by atoms with Gasteiger partial charge in [0.05, 0.1) is 6.20 Å². The highest BCUT2D eigenvalue weighted by molar-refractivity contribution is 6.30. The van der Waals surface area contributed by atoms with Crippen LogP contribution in [0.4, 0.5) is 0 Å². The molecule has 0 radical (unpaired) electrons. The van der Waals surface area contributed by atoms with E-state index >= 15 is 0 Å². The fraction of sp³-hybridized carbons (Fsp3) is 0.167. The molecular weight excluding hydrogens is 238 g/mol. The van der Waals surface area contributed by atoms with Gasteiger partial charge in [-0.25, -0.2) is 0 Å². The lowest BCUT2D eigenvalue weighted by molar-refractivity contribution is 0.0785. The predicted octanol–water partition coefficient (Wildman–Crippen LogP) is 2.34. The fourth-order valence-corrected chi connectivity index (χ4v) is 1.74. The zero-order valence-corrected chi connectivity index (χ0v) is 10.1. The van der Waals surface area contributed by atoms with E-state index in [1.807, 2.05) is 0 Å². The Labute approximate surface area is 104 Å². The van der Waals surface area contributed by atoms with E-state index in [0.29, 0.717) is 17.1 Å². The van der Waals surface area contributed by atoms with E-state index in [0.717, 1.165) is 5.56 Å². The highest BCUT2D eigenvalue weighted by Crippen LogP contribution is 2.13. The van der Waals surface area contributed by atoms with Crippen molar-refractivity contribution in [1.29, 1.82) is 0 Å². The van der Waals surface area contributed by atoms with E-state index in [-0.39, 0.29) is 5.91 Å². The first-order valence-corrected chi connectivity index (χ1v) is 5.53. The summed E-state index contributed by atoms with van der Waals surface area (Å²) in [6, 6.07) is 6.92. The van der Waals surface area contributed by atoms with Gasteiger partial charge >= 0.3 is 0 Å². The second-order valence-corrected chi connectivity index (χ2v) is 4.21. The van der Waals surface area contributed by atoms with Gasteiger partial charge in [-0.3, -0.25) is 9.89 Å². The number of benzene rings is 1. The van der Waals surface area contributed by atoms with Crippen molar-refractivity contribution in [3.05, 3.63) is 52.8 Å². The van der Waals surface area contributed by atoms with Crippen LogP contribution in [0, 0.1) is 0 Å². The first kappa shape index (κ1) is 11.7. The fourth-order valence-electron chi connectivity index (χ4n) is 1.55. The van der Waals surface area contributed by atoms with Crippen LogP contribution < -0.4 is 0 Å². The highest BCUT2D eigenvalue weighted by atomic mass is 35.5. The third-order valence-corrected chi connectivity index (χ3v) is 2.63. The lowest BCUT2D eigenvalue weighted by atomic mass is 10.2. The number of nitrogens with one attached hydrogen (secondary N) is 1. The number of carbonyl (C=O) groups excluding carboxylic acids is 1. The van der Waals surface area contributed by atoms with Gasteiger partial charge in [-0.2, -0.15) is 5.10 Å². The molecule has 1 N–H and O–H groups in total. The van der Waals surface area contributed by atoms with Gasteiger partial charge in [0, 0.05) is 35.9 Å². The molecule has 0 spiro atoms. The molecule has 5 heteroatoms. The van der Waals surface area contributed by atoms with Gasteiger partial charge in [-0.1, -0.05) is 17.7 Å². The molecule has 0 unspecified atom stereocenters. The maximum absolute atomic E-state index is 12.1. The normalized spacial score (nSPS) is 10.2. The summed E-state index contributed by atoms with van der Waals surface area (Å²) in [5, 5.41) is 7.11. The molecule has 2 aromatic rings. The van der Waals surface area contributed by atoms with Crippen LogP contribution in [-0.2, 0) is 6.54 Å². The van der Waals surface area contributed by atoms with E-state index in [1.54, 1.807) is 48.6 Å². The van der Waals surface area contributed by atoms with Crippen LogP contribution in [0.15, 0.2) is 36.7 Å². The Hall–Kier alpha value is -1.81. The van der Waals surface area contributed by atoms with Crippen molar-refractivity contribution in [2.24, 2.45) is 0 Å². The minimum atomic E-state index is -0.0614. The van der Waals surface area contributed by atoms with Gasteiger partial charge in [0.25, 0.3) is 5.91 Å². The van der Waals surface area contributed by atoms with Crippen LogP contribution in [0.25, 0.3) is 0 Å². The molecule has 0 saturated carbocycles. The van der Waals surface area contributed by atoms with Gasteiger partial charge < -0.3 is 4.90 Å². The number of hydrogen-bond donors (Lipinski definition) is 1. The Morgan fingerprint density at radius 1 is 1.53 bits per heavy atom. The number of aromatic amines is 1. The summed E-state index contributed by atoms with van der Waals surface area (Å²) >= 11 is 5.85. The summed E-state index contributed by atoms with van der Waals surface area (Å²) in [4.78, 5) is 13.7. The molecule has 0 atom stereocenters. The Bertz CT molecular complexity index is 510. The third-order valence-electron chi connectivity index (χ3n) is 2.39. The highest BCUT2D eigenvalue weighted by Gasteiger charge is 2.12. The van der Waals surface area contributed by atoms with Crippen LogP contribution in [0.5, 0.6) is 0 Å². The molecule has 88 valence electrons. The van der Waals surface area contributed by atoms with Crippen molar-refractivity contribution in [2.45, 2.75) is 6.54 Å². The predicted molar refractivity (Wildman–Crippen MR) is 65.8 cm³/mol. The van der Waals surface area contributed by atoms with E-state index in [1.165, 1.54) is 0 Å². The average Bonchev–Trinajstić information content (AvgIpc) is 2.80. The molecule has 4 nitrogen and oxygen atoms in total. The molecule has 0 aliphatic heterocycles. The van der Waals surface area contributed by atoms with Gasteiger partial charge in [-0.15, -0.1) is 0 Å². The zero-order valence-electron chi connectivity index (χ0n) is 9.35. The lowest BCUT2D eigenvalue weighted by Crippen LogP contribution is -2.25. The van der Waals surface area contributed by atoms with E-state index < -0.39 is 0 Å². The average molecular weight is 250 g/mol. The lowest BCUT2D eigenvalue weighted by Gasteiger charge is -2.16. The number of H-pyrrole nitrogens is 1. The van der Waals surface area contributed by atoms with Crippen LogP contribution in [-0.4, -0.2) is 28.1 Å². The molecule has 1 amide bonds. The van der Waals surface area contributed by atoms with Crippen molar-refractivity contribution < 1.29 is 4.79 Å². The minimum absolute atomic E-state index is 0.0614. The standard InChI is InChI=1S/C12H12ClN3O/c1-16(8-9-6-14-15-7-9)12(17)10-3-2-4-11(13)5-10/h2-7H,8H2,1H3,(H,14,15). The van der Waals surface area contributed by atoms with Crippen molar-refractivity contribution in [3.63, 3.8) is 0 Å².